The third-order valence-electron chi connectivity index (χ3n) is 7.68. The van der Waals surface area contributed by atoms with E-state index in [4.69, 9.17) is 0 Å². The summed E-state index contributed by atoms with van der Waals surface area (Å²) in [7, 11) is 8.78. The minimum absolute atomic E-state index is 0.273. The number of hydrogen-bond donors (Lipinski definition) is 0. The van der Waals surface area contributed by atoms with Gasteiger partial charge in [-0.05, 0) is 0 Å². The Labute approximate surface area is 214 Å². The van der Waals surface area contributed by atoms with Gasteiger partial charge in [0.05, 0.1) is 0 Å². The van der Waals surface area contributed by atoms with Crippen LogP contribution < -0.4 is 0 Å². The van der Waals surface area contributed by atoms with Crippen LogP contribution in [0.5, 0.6) is 0 Å². The molecule has 1 aliphatic rings. The molecule has 0 bridgehead atoms. The Morgan fingerprint density at radius 2 is 1.18 bits per heavy atom. The van der Waals surface area contributed by atoms with Gasteiger partial charge in [0.1, 0.15) is 0 Å². The number of benzene rings is 2. The second-order valence-corrected chi connectivity index (χ2v) is 23.7. The van der Waals surface area contributed by atoms with Gasteiger partial charge in [-0.2, -0.15) is 0 Å². The Balaban J connectivity index is 2.26. The molecule has 0 atom stereocenters. The maximum absolute atomic E-state index is 2.96. The van der Waals surface area contributed by atoms with E-state index in [1.807, 2.05) is 0 Å². The van der Waals surface area contributed by atoms with Gasteiger partial charge in [-0.25, -0.2) is 0 Å². The molecule has 0 heterocycles. The van der Waals surface area contributed by atoms with Gasteiger partial charge in [0.25, 0.3) is 0 Å². The SMILES string of the molecule is CCC[CH2][Sn]([CH]=C1C(=CB(N(C)C)N(C)C)c2cccc3cccc1c23)([CH2]CCC)[CH2]CCC. The topological polar surface area (TPSA) is 6.48 Å². The molecule has 0 aromatic heterocycles. The zero-order valence-electron chi connectivity index (χ0n) is 23.0. The van der Waals surface area contributed by atoms with Crippen molar-refractivity contribution in [3.8, 4) is 0 Å². The molecule has 34 heavy (non-hydrogen) atoms. The molecule has 0 fully saturated rings. The fraction of sp³-hybridized carbons (Fsp3) is 0.533. The van der Waals surface area contributed by atoms with E-state index in [9.17, 15) is 0 Å². The number of rotatable bonds is 13. The van der Waals surface area contributed by atoms with Gasteiger partial charge in [-0.15, -0.1) is 0 Å². The van der Waals surface area contributed by atoms with E-state index in [1.54, 1.807) is 5.57 Å². The van der Waals surface area contributed by atoms with Crippen LogP contribution in [0.2, 0.25) is 13.3 Å². The van der Waals surface area contributed by atoms with Gasteiger partial charge >= 0.3 is 215 Å². The van der Waals surface area contributed by atoms with E-state index in [-0.39, 0.29) is 6.98 Å². The van der Waals surface area contributed by atoms with Gasteiger partial charge in [0.15, 0.2) is 0 Å². The van der Waals surface area contributed by atoms with E-state index < -0.39 is 18.4 Å². The van der Waals surface area contributed by atoms with Crippen molar-refractivity contribution < 1.29 is 0 Å². The van der Waals surface area contributed by atoms with Crippen LogP contribution in [0.3, 0.4) is 0 Å². The molecular weight excluding hydrogens is 518 g/mol. The Hall–Kier alpha value is -1.04. The summed E-state index contributed by atoms with van der Waals surface area (Å²) in [5.41, 5.74) is 5.97. The summed E-state index contributed by atoms with van der Waals surface area (Å²) in [4.78, 5) is 4.66. The molecule has 0 unspecified atom stereocenters. The normalized spacial score (nSPS) is 16.0. The van der Waals surface area contributed by atoms with E-state index in [1.165, 1.54) is 79.3 Å². The summed E-state index contributed by atoms with van der Waals surface area (Å²) in [6.45, 7) is 7.40. The van der Waals surface area contributed by atoms with Crippen molar-refractivity contribution in [3.63, 3.8) is 0 Å². The third-order valence-corrected chi connectivity index (χ3v) is 21.8. The molecule has 2 nitrogen and oxygen atoms in total. The Kier molecular flexibility index (Phi) is 10.4. The molecule has 184 valence electrons. The van der Waals surface area contributed by atoms with Crippen LogP contribution >= 0.6 is 0 Å². The maximum atomic E-state index is 2.96. The second-order valence-electron chi connectivity index (χ2n) is 10.9. The summed E-state index contributed by atoms with van der Waals surface area (Å²) < 4.78 is 7.50. The molecule has 2 aromatic carbocycles. The minimum atomic E-state index is -2.50. The van der Waals surface area contributed by atoms with E-state index in [0.29, 0.717) is 0 Å². The molecular formula is C30H47BN2Sn. The van der Waals surface area contributed by atoms with Crippen LogP contribution in [0.1, 0.15) is 70.4 Å². The van der Waals surface area contributed by atoms with Crippen molar-refractivity contribution in [2.45, 2.75) is 72.6 Å². The van der Waals surface area contributed by atoms with Crippen molar-refractivity contribution in [1.29, 1.82) is 0 Å². The van der Waals surface area contributed by atoms with Crippen LogP contribution in [0.15, 0.2) is 46.5 Å². The van der Waals surface area contributed by atoms with Crippen molar-refractivity contribution in [3.05, 3.63) is 57.6 Å². The standard InChI is InChI=1S/C18H20BN2.3C4H9.Sn/c1-13-15-10-6-8-14-9-7-11-16(18(14)15)17(13)12-19(20(2)3)21(4)5;3*1-3-4-2;/h1,6-12H,2-5H3;3*1,3-4H2,2H3;. The zero-order chi connectivity index (χ0) is 24.7. The van der Waals surface area contributed by atoms with E-state index in [2.05, 4.69) is 105 Å². The predicted molar refractivity (Wildman–Crippen MR) is 158 cm³/mol. The van der Waals surface area contributed by atoms with Crippen molar-refractivity contribution >= 4 is 47.3 Å². The number of unbranched alkanes of at least 4 members (excludes halogenated alkanes) is 3. The first-order chi connectivity index (χ1) is 16.4. The molecule has 4 heteroatoms. The number of nitrogens with zero attached hydrogens (tertiary/aromatic N) is 2. The predicted octanol–water partition coefficient (Wildman–Crippen LogP) is 8.16. The first-order valence-electron chi connectivity index (χ1n) is 13.7. The van der Waals surface area contributed by atoms with Gasteiger partial charge in [0.2, 0.25) is 0 Å². The summed E-state index contributed by atoms with van der Waals surface area (Å²) in [6.07, 6.45) is 8.18. The fourth-order valence-electron chi connectivity index (χ4n) is 5.81. The molecule has 0 saturated heterocycles. The van der Waals surface area contributed by atoms with Gasteiger partial charge in [0, 0.05) is 0 Å². The summed E-state index contributed by atoms with van der Waals surface area (Å²) in [5, 5.41) is 2.85. The van der Waals surface area contributed by atoms with E-state index in [0.717, 1.165) is 0 Å². The van der Waals surface area contributed by atoms with Crippen LogP contribution in [-0.2, 0) is 0 Å². The van der Waals surface area contributed by atoms with Gasteiger partial charge < -0.3 is 0 Å². The Morgan fingerprint density at radius 3 is 1.62 bits per heavy atom. The molecule has 3 rings (SSSR count). The van der Waals surface area contributed by atoms with Crippen molar-refractivity contribution in [2.24, 2.45) is 0 Å². The monoisotopic (exact) mass is 566 g/mol. The van der Waals surface area contributed by atoms with Crippen LogP contribution in [-0.4, -0.2) is 63.2 Å². The molecule has 0 amide bonds. The van der Waals surface area contributed by atoms with Gasteiger partial charge in [-0.1, -0.05) is 0 Å². The van der Waals surface area contributed by atoms with Gasteiger partial charge in [-0.3, -0.25) is 0 Å². The third kappa shape index (κ3) is 6.20. The Morgan fingerprint density at radius 1 is 0.706 bits per heavy atom. The van der Waals surface area contributed by atoms with Crippen molar-refractivity contribution in [2.75, 3.05) is 28.2 Å². The fourth-order valence-corrected chi connectivity index (χ4v) is 20.9. The average Bonchev–Trinajstić information content (AvgIpc) is 3.11. The quantitative estimate of drug-likeness (QED) is 0.226. The molecule has 0 radical (unpaired) electrons. The number of hydrogen-bond acceptors (Lipinski definition) is 2. The average molecular weight is 565 g/mol. The second kappa shape index (κ2) is 12.8. The molecule has 0 spiro atoms. The summed E-state index contributed by atoms with van der Waals surface area (Å²) in [5.74, 6) is 2.54. The summed E-state index contributed by atoms with van der Waals surface area (Å²) in [6, 6.07) is 13.9. The number of allylic oxidation sites excluding steroid dienone is 2. The van der Waals surface area contributed by atoms with Crippen LogP contribution in [0.25, 0.3) is 21.9 Å². The first kappa shape index (κ1) is 27.5. The molecule has 0 aliphatic heterocycles. The van der Waals surface area contributed by atoms with E-state index >= 15 is 0 Å². The molecule has 0 saturated carbocycles. The van der Waals surface area contributed by atoms with Crippen LogP contribution in [0, 0.1) is 0 Å². The van der Waals surface area contributed by atoms with Crippen molar-refractivity contribution in [1.82, 2.24) is 9.62 Å². The molecule has 0 N–H and O–H groups in total. The molecule has 2 aromatic rings. The zero-order valence-corrected chi connectivity index (χ0v) is 25.8. The summed E-state index contributed by atoms with van der Waals surface area (Å²) >= 11 is -2.50. The Bertz CT molecular complexity index is 973. The molecule has 1 aliphatic carbocycles. The first-order valence-corrected chi connectivity index (χ1v) is 21.4. The van der Waals surface area contributed by atoms with Crippen LogP contribution in [0.4, 0.5) is 0 Å².